The third-order valence-corrected chi connectivity index (χ3v) is 5.84. The molecule has 0 aliphatic carbocycles. The van der Waals surface area contributed by atoms with Crippen LogP contribution in [0.2, 0.25) is 0 Å². The minimum atomic E-state index is 0.240. The van der Waals surface area contributed by atoms with Crippen LogP contribution in [0.15, 0.2) is 34.6 Å². The molecule has 0 saturated carbocycles. The molecule has 1 aliphatic heterocycles. The SMILES string of the molecule is CN=C(NCCc1csc(C)n1)NCC(c1ccc(OC)cc1)N1CCOCC1. The van der Waals surface area contributed by atoms with Crippen LogP contribution < -0.4 is 15.4 Å². The maximum atomic E-state index is 5.54. The van der Waals surface area contributed by atoms with Gasteiger partial charge in [-0.3, -0.25) is 9.89 Å². The molecule has 2 N–H and O–H groups in total. The van der Waals surface area contributed by atoms with Gasteiger partial charge in [-0.25, -0.2) is 4.98 Å². The predicted molar refractivity (Wildman–Crippen MR) is 118 cm³/mol. The van der Waals surface area contributed by atoms with E-state index in [4.69, 9.17) is 9.47 Å². The van der Waals surface area contributed by atoms with E-state index in [-0.39, 0.29) is 6.04 Å². The van der Waals surface area contributed by atoms with Gasteiger partial charge in [-0.05, 0) is 24.6 Å². The van der Waals surface area contributed by atoms with Crippen LogP contribution in [-0.4, -0.2) is 69.4 Å². The Hall–Kier alpha value is -2.16. The smallest absolute Gasteiger partial charge is 0.191 e. The van der Waals surface area contributed by atoms with Crippen LogP contribution in [0.4, 0.5) is 0 Å². The van der Waals surface area contributed by atoms with Gasteiger partial charge in [0.2, 0.25) is 0 Å². The van der Waals surface area contributed by atoms with Crippen molar-refractivity contribution in [3.05, 3.63) is 45.9 Å². The van der Waals surface area contributed by atoms with Gasteiger partial charge < -0.3 is 20.1 Å². The second-order valence-corrected chi connectivity index (χ2v) is 7.99. The van der Waals surface area contributed by atoms with Crippen LogP contribution in [0.5, 0.6) is 5.75 Å². The van der Waals surface area contributed by atoms with Crippen LogP contribution >= 0.6 is 11.3 Å². The molecule has 158 valence electrons. The molecule has 8 heteroatoms. The normalized spacial score (nSPS) is 16.4. The van der Waals surface area contributed by atoms with Crippen molar-refractivity contribution in [1.29, 1.82) is 0 Å². The lowest BCUT2D eigenvalue weighted by atomic mass is 10.0. The van der Waals surface area contributed by atoms with E-state index < -0.39 is 0 Å². The molecule has 3 rings (SSSR count). The van der Waals surface area contributed by atoms with E-state index in [1.807, 2.05) is 19.1 Å². The van der Waals surface area contributed by atoms with Crippen molar-refractivity contribution < 1.29 is 9.47 Å². The van der Waals surface area contributed by atoms with Crippen molar-refractivity contribution in [2.24, 2.45) is 4.99 Å². The lowest BCUT2D eigenvalue weighted by molar-refractivity contribution is 0.0170. The van der Waals surface area contributed by atoms with Gasteiger partial charge in [-0.15, -0.1) is 11.3 Å². The molecule has 0 radical (unpaired) electrons. The second kappa shape index (κ2) is 11.1. The molecule has 2 aromatic rings. The lowest BCUT2D eigenvalue weighted by Gasteiger charge is -2.35. The van der Waals surface area contributed by atoms with Gasteiger partial charge in [0.1, 0.15) is 5.75 Å². The number of ether oxygens (including phenoxy) is 2. The van der Waals surface area contributed by atoms with Crippen molar-refractivity contribution in [2.75, 3.05) is 53.6 Å². The predicted octanol–water partition coefficient (Wildman–Crippen LogP) is 2.24. The highest BCUT2D eigenvalue weighted by atomic mass is 32.1. The minimum Gasteiger partial charge on any atom is -0.497 e. The molecule has 1 saturated heterocycles. The lowest BCUT2D eigenvalue weighted by Crippen LogP contribution is -2.46. The largest absolute Gasteiger partial charge is 0.497 e. The van der Waals surface area contributed by atoms with E-state index in [2.05, 4.69) is 43.0 Å². The van der Waals surface area contributed by atoms with E-state index in [0.29, 0.717) is 0 Å². The summed E-state index contributed by atoms with van der Waals surface area (Å²) < 4.78 is 10.9. The Kier molecular flexibility index (Phi) is 8.27. The van der Waals surface area contributed by atoms with Crippen molar-refractivity contribution >= 4 is 17.3 Å². The molecule has 0 amide bonds. The zero-order valence-corrected chi connectivity index (χ0v) is 18.3. The maximum Gasteiger partial charge on any atom is 0.191 e. The highest BCUT2D eigenvalue weighted by molar-refractivity contribution is 7.09. The molecule has 0 spiro atoms. The number of guanidine groups is 1. The number of hydrogen-bond acceptors (Lipinski definition) is 6. The fourth-order valence-corrected chi connectivity index (χ4v) is 4.07. The average molecular weight is 418 g/mol. The Labute approximate surface area is 177 Å². The van der Waals surface area contributed by atoms with Crippen LogP contribution in [0.1, 0.15) is 22.3 Å². The highest BCUT2D eigenvalue weighted by Gasteiger charge is 2.23. The Morgan fingerprint density at radius 1 is 1.28 bits per heavy atom. The molecule has 1 atom stereocenters. The van der Waals surface area contributed by atoms with Crippen molar-refractivity contribution in [3.63, 3.8) is 0 Å². The minimum absolute atomic E-state index is 0.240. The molecule has 29 heavy (non-hydrogen) atoms. The number of rotatable bonds is 8. The average Bonchev–Trinajstić information content (AvgIpc) is 3.18. The molecule has 1 fully saturated rings. The molecular weight excluding hydrogens is 386 g/mol. The van der Waals surface area contributed by atoms with Crippen molar-refractivity contribution in [1.82, 2.24) is 20.5 Å². The Morgan fingerprint density at radius 2 is 2.03 bits per heavy atom. The first-order valence-corrected chi connectivity index (χ1v) is 10.9. The summed E-state index contributed by atoms with van der Waals surface area (Å²) in [5.41, 5.74) is 2.38. The van der Waals surface area contributed by atoms with Gasteiger partial charge in [-0.1, -0.05) is 12.1 Å². The third kappa shape index (κ3) is 6.42. The van der Waals surface area contributed by atoms with Crippen molar-refractivity contribution in [2.45, 2.75) is 19.4 Å². The second-order valence-electron chi connectivity index (χ2n) is 6.93. The topological polar surface area (TPSA) is 71.0 Å². The summed E-state index contributed by atoms with van der Waals surface area (Å²) in [6.45, 7) is 6.99. The summed E-state index contributed by atoms with van der Waals surface area (Å²) in [6, 6.07) is 8.56. The number of hydrogen-bond donors (Lipinski definition) is 2. The molecule has 0 bridgehead atoms. The first-order valence-electron chi connectivity index (χ1n) is 10.0. The van der Waals surface area contributed by atoms with E-state index in [1.165, 1.54) is 5.56 Å². The van der Waals surface area contributed by atoms with Gasteiger partial charge in [-0.2, -0.15) is 0 Å². The first-order chi connectivity index (χ1) is 14.2. The molecule has 1 aromatic carbocycles. The number of methoxy groups -OCH3 is 1. The van der Waals surface area contributed by atoms with Crippen LogP contribution in [0.3, 0.4) is 0 Å². The summed E-state index contributed by atoms with van der Waals surface area (Å²) in [4.78, 5) is 11.3. The highest BCUT2D eigenvalue weighted by Crippen LogP contribution is 2.23. The molecule has 7 nitrogen and oxygen atoms in total. The Balaban J connectivity index is 1.58. The van der Waals surface area contributed by atoms with Crippen LogP contribution in [0.25, 0.3) is 0 Å². The van der Waals surface area contributed by atoms with Gasteiger partial charge in [0.05, 0.1) is 37.1 Å². The van der Waals surface area contributed by atoms with Gasteiger partial charge >= 0.3 is 0 Å². The zero-order valence-electron chi connectivity index (χ0n) is 17.5. The quantitative estimate of drug-likeness (QED) is 0.507. The van der Waals surface area contributed by atoms with Gasteiger partial charge in [0, 0.05) is 45.0 Å². The number of morpholine rings is 1. The van der Waals surface area contributed by atoms with E-state index >= 15 is 0 Å². The van der Waals surface area contributed by atoms with E-state index in [1.54, 1.807) is 25.5 Å². The van der Waals surface area contributed by atoms with Gasteiger partial charge in [0.15, 0.2) is 5.96 Å². The monoisotopic (exact) mass is 417 g/mol. The third-order valence-electron chi connectivity index (χ3n) is 5.01. The van der Waals surface area contributed by atoms with Crippen molar-refractivity contribution in [3.8, 4) is 5.75 Å². The summed E-state index contributed by atoms with van der Waals surface area (Å²) >= 11 is 1.69. The fraction of sp³-hybridized carbons (Fsp3) is 0.524. The fourth-order valence-electron chi connectivity index (χ4n) is 3.42. The summed E-state index contributed by atoms with van der Waals surface area (Å²) in [6.07, 6.45) is 0.885. The summed E-state index contributed by atoms with van der Waals surface area (Å²) in [7, 11) is 3.50. The number of aryl methyl sites for hydroxylation is 1. The molecule has 1 aliphatic rings. The number of aliphatic imine (C=N–C) groups is 1. The summed E-state index contributed by atoms with van der Waals surface area (Å²) in [5, 5.41) is 10.1. The number of thiazole rings is 1. The van der Waals surface area contributed by atoms with Gasteiger partial charge in [0.25, 0.3) is 0 Å². The number of aromatic nitrogens is 1. The molecule has 1 aromatic heterocycles. The molecule has 2 heterocycles. The number of nitrogens with zero attached hydrogens (tertiary/aromatic N) is 3. The Bertz CT molecular complexity index is 772. The molecular formula is C21H31N5O2S. The maximum absolute atomic E-state index is 5.54. The number of nitrogens with one attached hydrogen (secondary N) is 2. The number of benzene rings is 1. The molecule has 1 unspecified atom stereocenters. The first kappa shape index (κ1) is 21.5. The summed E-state index contributed by atoms with van der Waals surface area (Å²) in [5.74, 6) is 1.68. The van der Waals surface area contributed by atoms with Crippen LogP contribution in [0, 0.1) is 6.92 Å². The zero-order chi connectivity index (χ0) is 20.5. The van der Waals surface area contributed by atoms with Crippen LogP contribution in [-0.2, 0) is 11.2 Å². The Morgan fingerprint density at radius 3 is 2.66 bits per heavy atom. The van der Waals surface area contributed by atoms with E-state index in [0.717, 1.165) is 68.2 Å². The standard InChI is InChI=1S/C21H31N5O2S/c1-16-25-18(15-29-16)8-9-23-21(22-2)24-14-20(26-10-12-28-13-11-26)17-4-6-19(27-3)7-5-17/h4-7,15,20H,8-14H2,1-3H3,(H2,22,23,24). The van der Waals surface area contributed by atoms with E-state index in [9.17, 15) is 0 Å².